The lowest BCUT2D eigenvalue weighted by atomic mass is 10.1. The van der Waals surface area contributed by atoms with Crippen LogP contribution in [0.2, 0.25) is 0 Å². The molecule has 1 atom stereocenters. The second kappa shape index (κ2) is 6.65. The van der Waals surface area contributed by atoms with Gasteiger partial charge in [0.25, 0.3) is 0 Å². The second-order valence-corrected chi connectivity index (χ2v) is 7.94. The number of rotatable bonds is 4. The van der Waals surface area contributed by atoms with E-state index in [4.69, 9.17) is 4.74 Å². The molecule has 0 aromatic carbocycles. The molecule has 2 heterocycles. The summed E-state index contributed by atoms with van der Waals surface area (Å²) in [4.78, 5) is 12.4. The number of carbonyl (C=O) groups excluding carboxylic acids is 1. The third-order valence-electron chi connectivity index (χ3n) is 4.71. The van der Waals surface area contributed by atoms with Gasteiger partial charge in [0.1, 0.15) is 10.5 Å². The summed E-state index contributed by atoms with van der Waals surface area (Å²) in [5, 5.41) is 0. The summed E-state index contributed by atoms with van der Waals surface area (Å²) in [6.45, 7) is 7.83. The van der Waals surface area contributed by atoms with Gasteiger partial charge < -0.3 is 9.30 Å². The van der Waals surface area contributed by atoms with E-state index >= 15 is 0 Å². The molecule has 0 amide bonds. The first-order chi connectivity index (χ1) is 10.7. The van der Waals surface area contributed by atoms with Crippen LogP contribution in [0.25, 0.3) is 0 Å². The molecule has 2 rings (SSSR count). The standard InChI is InChI=1S/C16H26N2O4S/c1-6-22-16(19)14-12(3)17(5)13(4)15(14)23(20,21)18-10-8-7-9-11(18)2/h11H,6-10H2,1-5H3/t11-/m1/s1. The van der Waals surface area contributed by atoms with Crippen LogP contribution < -0.4 is 0 Å². The molecule has 6 nitrogen and oxygen atoms in total. The first-order valence-corrected chi connectivity index (χ1v) is 9.52. The largest absolute Gasteiger partial charge is 0.462 e. The molecule has 0 spiro atoms. The van der Waals surface area contributed by atoms with Gasteiger partial charge >= 0.3 is 5.97 Å². The SMILES string of the molecule is CCOC(=O)c1c(S(=O)(=O)N2CCCC[C@H]2C)c(C)n(C)c1C. The van der Waals surface area contributed by atoms with E-state index in [1.165, 1.54) is 4.31 Å². The molecule has 0 radical (unpaired) electrons. The Kier molecular flexibility index (Phi) is 5.20. The van der Waals surface area contributed by atoms with Crippen LogP contribution in [0.15, 0.2) is 4.90 Å². The average molecular weight is 342 g/mol. The summed E-state index contributed by atoms with van der Waals surface area (Å²) in [5.74, 6) is -0.572. The maximum Gasteiger partial charge on any atom is 0.341 e. The van der Waals surface area contributed by atoms with Crippen LogP contribution in [-0.2, 0) is 21.8 Å². The Morgan fingerprint density at radius 1 is 1.26 bits per heavy atom. The van der Waals surface area contributed by atoms with Crippen LogP contribution in [-0.4, -0.2) is 42.5 Å². The Bertz CT molecular complexity index is 706. The molecule has 1 fully saturated rings. The van der Waals surface area contributed by atoms with Crippen molar-refractivity contribution in [3.63, 3.8) is 0 Å². The number of ether oxygens (including phenoxy) is 1. The van der Waals surface area contributed by atoms with Gasteiger partial charge in [0.15, 0.2) is 0 Å². The van der Waals surface area contributed by atoms with Crippen LogP contribution in [0.3, 0.4) is 0 Å². The Morgan fingerprint density at radius 2 is 1.91 bits per heavy atom. The summed E-state index contributed by atoms with van der Waals surface area (Å²) in [6.07, 6.45) is 2.73. The zero-order valence-corrected chi connectivity index (χ0v) is 15.4. The Hall–Kier alpha value is -1.34. The lowest BCUT2D eigenvalue weighted by Gasteiger charge is -2.32. The van der Waals surface area contributed by atoms with Gasteiger partial charge in [-0.25, -0.2) is 13.2 Å². The van der Waals surface area contributed by atoms with Crippen molar-refractivity contribution in [2.45, 2.75) is 57.9 Å². The van der Waals surface area contributed by atoms with Gasteiger partial charge in [-0.15, -0.1) is 0 Å². The van der Waals surface area contributed by atoms with Gasteiger partial charge in [-0.1, -0.05) is 6.42 Å². The highest BCUT2D eigenvalue weighted by atomic mass is 32.2. The fourth-order valence-corrected chi connectivity index (χ4v) is 5.40. The quantitative estimate of drug-likeness (QED) is 0.788. The van der Waals surface area contributed by atoms with E-state index in [1.54, 1.807) is 32.4 Å². The van der Waals surface area contributed by atoms with Gasteiger partial charge in [0.05, 0.1) is 6.61 Å². The summed E-state index contributed by atoms with van der Waals surface area (Å²) in [5.41, 5.74) is 1.36. The predicted octanol–water partition coefficient (Wildman–Crippen LogP) is 2.38. The number of carbonyl (C=O) groups is 1. The minimum absolute atomic E-state index is 0.0521. The van der Waals surface area contributed by atoms with E-state index in [-0.39, 0.29) is 23.1 Å². The van der Waals surface area contributed by atoms with Crippen molar-refractivity contribution in [3.8, 4) is 0 Å². The normalized spacial score (nSPS) is 19.8. The van der Waals surface area contributed by atoms with E-state index in [9.17, 15) is 13.2 Å². The van der Waals surface area contributed by atoms with E-state index < -0.39 is 16.0 Å². The number of sulfonamides is 1. The number of nitrogens with zero attached hydrogens (tertiary/aromatic N) is 2. The highest BCUT2D eigenvalue weighted by Gasteiger charge is 2.38. The number of esters is 1. The van der Waals surface area contributed by atoms with Gasteiger partial charge in [-0.2, -0.15) is 4.31 Å². The minimum atomic E-state index is -3.73. The van der Waals surface area contributed by atoms with Crippen molar-refractivity contribution in [2.75, 3.05) is 13.2 Å². The van der Waals surface area contributed by atoms with Crippen LogP contribution >= 0.6 is 0 Å². The summed E-state index contributed by atoms with van der Waals surface area (Å²) >= 11 is 0. The molecule has 0 N–H and O–H groups in total. The van der Waals surface area contributed by atoms with Crippen molar-refractivity contribution < 1.29 is 17.9 Å². The second-order valence-electron chi connectivity index (χ2n) is 6.11. The van der Waals surface area contributed by atoms with Crippen molar-refractivity contribution in [1.82, 2.24) is 8.87 Å². The molecule has 7 heteroatoms. The fraction of sp³-hybridized carbons (Fsp3) is 0.688. The number of piperidine rings is 1. The fourth-order valence-electron chi connectivity index (χ4n) is 3.22. The predicted molar refractivity (Wildman–Crippen MR) is 88.0 cm³/mol. The third-order valence-corrected chi connectivity index (χ3v) is 6.89. The Labute approximate surface area is 138 Å². The third kappa shape index (κ3) is 3.04. The molecule has 1 saturated heterocycles. The van der Waals surface area contributed by atoms with Crippen LogP contribution in [0.4, 0.5) is 0 Å². The van der Waals surface area contributed by atoms with Gasteiger partial charge in [0.2, 0.25) is 10.0 Å². The maximum absolute atomic E-state index is 13.2. The summed E-state index contributed by atoms with van der Waals surface area (Å²) < 4.78 is 34.8. The average Bonchev–Trinajstić information content (AvgIpc) is 2.72. The molecular weight excluding hydrogens is 316 g/mol. The van der Waals surface area contributed by atoms with Gasteiger partial charge in [-0.05, 0) is 40.5 Å². The Balaban J connectivity index is 2.62. The zero-order chi connectivity index (χ0) is 17.4. The topological polar surface area (TPSA) is 68.6 Å². The van der Waals surface area contributed by atoms with Crippen LogP contribution in [0.5, 0.6) is 0 Å². The van der Waals surface area contributed by atoms with Crippen molar-refractivity contribution >= 4 is 16.0 Å². The van der Waals surface area contributed by atoms with Crippen molar-refractivity contribution in [1.29, 1.82) is 0 Å². The van der Waals surface area contributed by atoms with E-state index in [1.807, 2.05) is 6.92 Å². The molecule has 1 aliphatic rings. The number of hydrogen-bond donors (Lipinski definition) is 0. The minimum Gasteiger partial charge on any atom is -0.462 e. The molecule has 1 aromatic rings. The molecule has 0 aliphatic carbocycles. The van der Waals surface area contributed by atoms with Crippen molar-refractivity contribution in [2.24, 2.45) is 7.05 Å². The van der Waals surface area contributed by atoms with E-state index in [2.05, 4.69) is 0 Å². The monoisotopic (exact) mass is 342 g/mol. The van der Waals surface area contributed by atoms with E-state index in [0.29, 0.717) is 17.9 Å². The lowest BCUT2D eigenvalue weighted by molar-refractivity contribution is 0.0520. The zero-order valence-electron chi connectivity index (χ0n) is 14.5. The molecule has 23 heavy (non-hydrogen) atoms. The Morgan fingerprint density at radius 3 is 2.48 bits per heavy atom. The van der Waals surface area contributed by atoms with Gasteiger partial charge in [0, 0.05) is 31.0 Å². The smallest absolute Gasteiger partial charge is 0.341 e. The van der Waals surface area contributed by atoms with Crippen LogP contribution in [0, 0.1) is 13.8 Å². The first-order valence-electron chi connectivity index (χ1n) is 8.08. The first kappa shape index (κ1) is 18.0. The molecule has 0 unspecified atom stereocenters. The van der Waals surface area contributed by atoms with Gasteiger partial charge in [-0.3, -0.25) is 0 Å². The number of hydrogen-bond acceptors (Lipinski definition) is 4. The molecule has 0 saturated carbocycles. The summed E-state index contributed by atoms with van der Waals surface area (Å²) in [7, 11) is -1.96. The molecule has 1 aromatic heterocycles. The summed E-state index contributed by atoms with van der Waals surface area (Å²) in [6, 6.07) is -0.0521. The highest BCUT2D eigenvalue weighted by molar-refractivity contribution is 7.89. The van der Waals surface area contributed by atoms with Crippen molar-refractivity contribution in [3.05, 3.63) is 17.0 Å². The molecular formula is C16H26N2O4S. The lowest BCUT2D eigenvalue weighted by Crippen LogP contribution is -2.42. The number of aromatic nitrogens is 1. The molecule has 1 aliphatic heterocycles. The van der Waals surface area contributed by atoms with E-state index in [0.717, 1.165) is 19.3 Å². The molecule has 130 valence electrons. The molecule has 0 bridgehead atoms. The van der Waals surface area contributed by atoms with Crippen LogP contribution in [0.1, 0.15) is 54.9 Å². The highest BCUT2D eigenvalue weighted by Crippen LogP contribution is 2.32. The maximum atomic E-state index is 13.2.